The molecule has 0 heterocycles. The van der Waals surface area contributed by atoms with Crippen LogP contribution in [0.5, 0.6) is 5.75 Å². The highest BCUT2D eigenvalue weighted by Gasteiger charge is 2.38. The van der Waals surface area contributed by atoms with Gasteiger partial charge in [0.2, 0.25) is 5.91 Å². The van der Waals surface area contributed by atoms with Gasteiger partial charge in [0.15, 0.2) is 0 Å². The number of nitrogens with two attached hydrogens (primary N) is 1. The zero-order valence-corrected chi connectivity index (χ0v) is 12.3. The van der Waals surface area contributed by atoms with Crippen molar-refractivity contribution in [2.75, 3.05) is 11.4 Å². The summed E-state index contributed by atoms with van der Waals surface area (Å²) in [4.78, 5) is 14.4. The van der Waals surface area contributed by atoms with E-state index < -0.39 is 5.41 Å². The summed E-state index contributed by atoms with van der Waals surface area (Å²) >= 11 is 5.03. The molecule has 0 radical (unpaired) electrons. The van der Waals surface area contributed by atoms with Gasteiger partial charge in [-0.3, -0.25) is 4.79 Å². The van der Waals surface area contributed by atoms with Gasteiger partial charge in [0, 0.05) is 18.3 Å². The van der Waals surface area contributed by atoms with Crippen molar-refractivity contribution in [1.82, 2.24) is 0 Å². The highest BCUT2D eigenvalue weighted by Crippen LogP contribution is 2.29. The normalized spacial score (nSPS) is 13.6. The number of anilines is 1. The number of hydrogen-bond donors (Lipinski definition) is 2. The van der Waals surface area contributed by atoms with Crippen molar-refractivity contribution in [3.63, 3.8) is 0 Å². The minimum absolute atomic E-state index is 0.122. The molecule has 0 aliphatic carbocycles. The van der Waals surface area contributed by atoms with Crippen LogP contribution in [0.1, 0.15) is 27.2 Å². The van der Waals surface area contributed by atoms with Crippen LogP contribution in [0.15, 0.2) is 24.3 Å². The number of hydrogen-bond acceptors (Lipinski definition) is 3. The van der Waals surface area contributed by atoms with Gasteiger partial charge in [-0.15, -0.1) is 0 Å². The van der Waals surface area contributed by atoms with Gasteiger partial charge in [0.1, 0.15) is 5.75 Å². The predicted molar refractivity (Wildman–Crippen MR) is 81.3 cm³/mol. The Morgan fingerprint density at radius 2 is 2.11 bits per heavy atom. The van der Waals surface area contributed by atoms with Crippen molar-refractivity contribution in [2.45, 2.75) is 27.2 Å². The van der Waals surface area contributed by atoms with Gasteiger partial charge >= 0.3 is 0 Å². The van der Waals surface area contributed by atoms with Crippen LogP contribution in [0.4, 0.5) is 5.69 Å². The molecule has 0 aliphatic rings. The lowest BCUT2D eigenvalue weighted by Crippen LogP contribution is -2.48. The fourth-order valence-corrected chi connectivity index (χ4v) is 2.06. The molecule has 0 saturated carbocycles. The van der Waals surface area contributed by atoms with Crippen LogP contribution in [0.25, 0.3) is 0 Å². The molecule has 0 fully saturated rings. The van der Waals surface area contributed by atoms with Crippen LogP contribution in [-0.2, 0) is 4.79 Å². The first-order valence-corrected chi connectivity index (χ1v) is 6.68. The van der Waals surface area contributed by atoms with Crippen molar-refractivity contribution in [3.8, 4) is 5.75 Å². The number of carbonyl (C=O) groups excluding carboxylic acids is 1. The molecule has 19 heavy (non-hydrogen) atoms. The molecule has 1 atom stereocenters. The largest absolute Gasteiger partial charge is 0.508 e. The maximum Gasteiger partial charge on any atom is 0.239 e. The van der Waals surface area contributed by atoms with Crippen molar-refractivity contribution in [3.05, 3.63) is 24.3 Å². The van der Waals surface area contributed by atoms with Crippen LogP contribution in [0.2, 0.25) is 0 Å². The molecule has 1 aromatic rings. The average Bonchev–Trinajstić information content (AvgIpc) is 2.38. The highest BCUT2D eigenvalue weighted by atomic mass is 32.1. The first kappa shape index (κ1) is 15.4. The average molecular weight is 280 g/mol. The second kappa shape index (κ2) is 6.02. The van der Waals surface area contributed by atoms with E-state index in [1.165, 1.54) is 0 Å². The van der Waals surface area contributed by atoms with Gasteiger partial charge in [-0.05, 0) is 32.4 Å². The van der Waals surface area contributed by atoms with Crippen molar-refractivity contribution >= 4 is 28.8 Å². The molecule has 4 nitrogen and oxygen atoms in total. The summed E-state index contributed by atoms with van der Waals surface area (Å²) in [5, 5.41) is 9.52. The third-order valence-electron chi connectivity index (χ3n) is 3.43. The number of thiocarbonyl (C=S) groups is 1. The topological polar surface area (TPSA) is 66.6 Å². The standard InChI is InChI=1S/C14H20N2O2S/c1-4-14(3,12(15)19)13(18)16(5-2)10-7-6-8-11(17)9-10/h6-9,17H,4-5H2,1-3H3,(H2,15,19). The molecule has 0 saturated heterocycles. The molecule has 1 amide bonds. The minimum Gasteiger partial charge on any atom is -0.508 e. The summed E-state index contributed by atoms with van der Waals surface area (Å²) in [6, 6.07) is 6.59. The van der Waals surface area contributed by atoms with E-state index in [0.717, 1.165) is 0 Å². The highest BCUT2D eigenvalue weighted by molar-refractivity contribution is 7.80. The van der Waals surface area contributed by atoms with Gasteiger partial charge in [0.05, 0.1) is 10.4 Å². The lowest BCUT2D eigenvalue weighted by atomic mass is 9.85. The molecule has 0 bridgehead atoms. The van der Waals surface area contributed by atoms with E-state index in [1.54, 1.807) is 36.1 Å². The van der Waals surface area contributed by atoms with E-state index in [2.05, 4.69) is 0 Å². The van der Waals surface area contributed by atoms with Gasteiger partial charge in [-0.1, -0.05) is 25.2 Å². The number of aromatic hydroxyl groups is 1. The number of phenols is 1. The Labute approximate surface area is 119 Å². The Bertz CT molecular complexity index is 490. The zero-order chi connectivity index (χ0) is 14.6. The summed E-state index contributed by atoms with van der Waals surface area (Å²) < 4.78 is 0. The molecule has 1 rings (SSSR count). The Kier molecular flexibility index (Phi) is 4.89. The molecule has 104 valence electrons. The first-order valence-electron chi connectivity index (χ1n) is 6.27. The smallest absolute Gasteiger partial charge is 0.239 e. The minimum atomic E-state index is -0.864. The predicted octanol–water partition coefficient (Wildman–Crippen LogP) is 2.45. The van der Waals surface area contributed by atoms with E-state index in [-0.39, 0.29) is 16.6 Å². The fourth-order valence-electron chi connectivity index (χ4n) is 1.83. The second-order valence-electron chi connectivity index (χ2n) is 4.62. The number of benzene rings is 1. The summed E-state index contributed by atoms with van der Waals surface area (Å²) in [6.07, 6.45) is 0.538. The molecule has 1 aromatic carbocycles. The summed E-state index contributed by atoms with van der Waals surface area (Å²) in [5.41, 5.74) is 5.50. The molecular weight excluding hydrogens is 260 g/mol. The van der Waals surface area contributed by atoms with Crippen molar-refractivity contribution < 1.29 is 9.90 Å². The van der Waals surface area contributed by atoms with Gasteiger partial charge in [-0.2, -0.15) is 0 Å². The summed E-state index contributed by atoms with van der Waals surface area (Å²) in [7, 11) is 0. The number of phenolic OH excluding ortho intramolecular Hbond substituents is 1. The van der Waals surface area contributed by atoms with E-state index in [0.29, 0.717) is 18.7 Å². The lowest BCUT2D eigenvalue weighted by molar-refractivity contribution is -0.124. The number of amides is 1. The van der Waals surface area contributed by atoms with E-state index in [4.69, 9.17) is 18.0 Å². The SMILES string of the molecule is CCN(C(=O)C(C)(CC)C(N)=S)c1cccc(O)c1. The first-order chi connectivity index (χ1) is 8.86. The van der Waals surface area contributed by atoms with Crippen molar-refractivity contribution in [1.29, 1.82) is 0 Å². The monoisotopic (exact) mass is 280 g/mol. The summed E-state index contributed by atoms with van der Waals surface area (Å²) in [5.74, 6) is -0.0205. The molecular formula is C14H20N2O2S. The van der Waals surface area contributed by atoms with Crippen LogP contribution < -0.4 is 10.6 Å². The van der Waals surface area contributed by atoms with Crippen LogP contribution in [0.3, 0.4) is 0 Å². The third-order valence-corrected chi connectivity index (χ3v) is 3.88. The maximum atomic E-state index is 12.7. The van der Waals surface area contributed by atoms with Gasteiger partial charge in [-0.25, -0.2) is 0 Å². The Balaban J connectivity index is 3.17. The fraction of sp³-hybridized carbons (Fsp3) is 0.429. The van der Waals surface area contributed by atoms with Crippen LogP contribution in [0, 0.1) is 5.41 Å². The Morgan fingerprint density at radius 1 is 1.47 bits per heavy atom. The van der Waals surface area contributed by atoms with E-state index >= 15 is 0 Å². The molecule has 0 aliphatic heterocycles. The Hall–Kier alpha value is -1.62. The lowest BCUT2D eigenvalue weighted by Gasteiger charge is -2.32. The molecule has 0 spiro atoms. The molecule has 0 aromatic heterocycles. The van der Waals surface area contributed by atoms with Crippen LogP contribution >= 0.6 is 12.2 Å². The van der Waals surface area contributed by atoms with Crippen LogP contribution in [-0.4, -0.2) is 22.5 Å². The quantitative estimate of drug-likeness (QED) is 0.813. The summed E-state index contributed by atoms with van der Waals surface area (Å²) in [6.45, 7) is 5.99. The number of rotatable bonds is 5. The Morgan fingerprint density at radius 3 is 2.53 bits per heavy atom. The van der Waals surface area contributed by atoms with Gasteiger partial charge in [0.25, 0.3) is 0 Å². The van der Waals surface area contributed by atoms with E-state index in [9.17, 15) is 9.90 Å². The third kappa shape index (κ3) is 3.04. The van der Waals surface area contributed by atoms with Crippen molar-refractivity contribution in [2.24, 2.45) is 11.1 Å². The van der Waals surface area contributed by atoms with Gasteiger partial charge < -0.3 is 15.7 Å². The second-order valence-corrected chi connectivity index (χ2v) is 5.06. The molecule has 1 unspecified atom stereocenters. The number of nitrogens with zero attached hydrogens (tertiary/aromatic N) is 1. The molecule has 5 heteroatoms. The molecule has 3 N–H and O–H groups in total. The van der Waals surface area contributed by atoms with E-state index in [1.807, 2.05) is 13.8 Å². The zero-order valence-electron chi connectivity index (χ0n) is 11.5. The number of carbonyl (C=O) groups is 1. The maximum absolute atomic E-state index is 12.7.